The predicted molar refractivity (Wildman–Crippen MR) is 97.5 cm³/mol. The monoisotopic (exact) mass is 378 g/mol. The van der Waals surface area contributed by atoms with Crippen molar-refractivity contribution in [2.75, 3.05) is 13.1 Å². The summed E-state index contributed by atoms with van der Waals surface area (Å²) in [6.07, 6.45) is 5.70. The van der Waals surface area contributed by atoms with Gasteiger partial charge in [-0.1, -0.05) is 0 Å². The molecule has 0 radical (unpaired) electrons. The van der Waals surface area contributed by atoms with Crippen molar-refractivity contribution in [1.82, 2.24) is 21.3 Å². The SMILES string of the molecule is O=C(N[C@@H](C[C@@H]1CCNC1=O)C(O)C(=O)NC1CC1)C1CC2(CCN1)CC2. The fraction of sp³-hybridized carbons (Fsp3) is 0.842. The van der Waals surface area contributed by atoms with Crippen molar-refractivity contribution in [2.45, 2.75) is 75.6 Å². The van der Waals surface area contributed by atoms with Crippen LogP contribution in [0.15, 0.2) is 0 Å². The Bertz CT molecular complexity index is 617. The molecule has 4 atom stereocenters. The number of amides is 3. The molecule has 27 heavy (non-hydrogen) atoms. The van der Waals surface area contributed by atoms with Crippen LogP contribution in [-0.2, 0) is 14.4 Å². The zero-order chi connectivity index (χ0) is 19.0. The van der Waals surface area contributed by atoms with Gasteiger partial charge in [-0.15, -0.1) is 0 Å². The molecule has 8 nitrogen and oxygen atoms in total. The van der Waals surface area contributed by atoms with Gasteiger partial charge in [0.1, 0.15) is 0 Å². The lowest BCUT2D eigenvalue weighted by molar-refractivity contribution is -0.134. The second-order valence-electron chi connectivity index (χ2n) is 8.82. The third kappa shape index (κ3) is 4.43. The largest absolute Gasteiger partial charge is 0.381 e. The first-order chi connectivity index (χ1) is 13.0. The molecule has 8 heteroatoms. The average Bonchev–Trinajstić information content (AvgIpc) is 3.57. The van der Waals surface area contributed by atoms with Crippen LogP contribution >= 0.6 is 0 Å². The van der Waals surface area contributed by atoms with E-state index in [0.29, 0.717) is 18.4 Å². The van der Waals surface area contributed by atoms with Gasteiger partial charge in [0.25, 0.3) is 5.91 Å². The molecule has 150 valence electrons. The topological polar surface area (TPSA) is 120 Å². The highest BCUT2D eigenvalue weighted by Gasteiger charge is 2.47. The number of hydrogen-bond acceptors (Lipinski definition) is 5. The minimum absolute atomic E-state index is 0.0724. The van der Waals surface area contributed by atoms with E-state index in [9.17, 15) is 19.5 Å². The van der Waals surface area contributed by atoms with E-state index in [4.69, 9.17) is 0 Å². The summed E-state index contributed by atoms with van der Waals surface area (Å²) in [7, 11) is 0. The third-order valence-electron chi connectivity index (χ3n) is 6.56. The van der Waals surface area contributed by atoms with Crippen LogP contribution in [0, 0.1) is 11.3 Å². The van der Waals surface area contributed by atoms with E-state index in [2.05, 4.69) is 21.3 Å². The summed E-state index contributed by atoms with van der Waals surface area (Å²) in [4.78, 5) is 37.1. The van der Waals surface area contributed by atoms with E-state index in [1.807, 2.05) is 0 Å². The normalized spacial score (nSPS) is 31.1. The minimum atomic E-state index is -1.35. The maximum absolute atomic E-state index is 12.8. The fourth-order valence-corrected chi connectivity index (χ4v) is 4.36. The van der Waals surface area contributed by atoms with E-state index < -0.39 is 18.1 Å². The first-order valence-electron chi connectivity index (χ1n) is 10.3. The fourth-order valence-electron chi connectivity index (χ4n) is 4.36. The number of aliphatic hydroxyl groups is 1. The van der Waals surface area contributed by atoms with Crippen LogP contribution in [0.3, 0.4) is 0 Å². The maximum Gasteiger partial charge on any atom is 0.251 e. The van der Waals surface area contributed by atoms with Crippen molar-refractivity contribution < 1.29 is 19.5 Å². The van der Waals surface area contributed by atoms with Crippen molar-refractivity contribution >= 4 is 17.7 Å². The van der Waals surface area contributed by atoms with Crippen LogP contribution < -0.4 is 21.3 Å². The number of nitrogens with one attached hydrogen (secondary N) is 4. The lowest BCUT2D eigenvalue weighted by atomic mass is 9.88. The molecule has 1 spiro atoms. The zero-order valence-electron chi connectivity index (χ0n) is 15.6. The minimum Gasteiger partial charge on any atom is -0.381 e. The lowest BCUT2D eigenvalue weighted by Crippen LogP contribution is -2.57. The zero-order valence-corrected chi connectivity index (χ0v) is 15.6. The number of carbonyl (C=O) groups excluding carboxylic acids is 3. The van der Waals surface area contributed by atoms with Gasteiger partial charge in [-0.05, 0) is 63.3 Å². The van der Waals surface area contributed by atoms with Gasteiger partial charge >= 0.3 is 0 Å². The highest BCUT2D eigenvalue weighted by molar-refractivity contribution is 5.86. The number of hydrogen-bond donors (Lipinski definition) is 5. The average molecular weight is 378 g/mol. The molecule has 2 saturated heterocycles. The molecule has 2 aliphatic carbocycles. The Kier molecular flexibility index (Phi) is 5.11. The van der Waals surface area contributed by atoms with Crippen LogP contribution in [0.1, 0.15) is 51.4 Å². The molecule has 0 bridgehead atoms. The van der Waals surface area contributed by atoms with Crippen molar-refractivity contribution in [3.63, 3.8) is 0 Å². The van der Waals surface area contributed by atoms with E-state index in [1.54, 1.807) is 0 Å². The molecular formula is C19H30N4O4. The Morgan fingerprint density at radius 1 is 1.19 bits per heavy atom. The second kappa shape index (κ2) is 7.39. The van der Waals surface area contributed by atoms with Gasteiger partial charge in [-0.3, -0.25) is 14.4 Å². The molecular weight excluding hydrogens is 348 g/mol. The summed E-state index contributed by atoms with van der Waals surface area (Å²) < 4.78 is 0. The molecule has 5 N–H and O–H groups in total. The van der Waals surface area contributed by atoms with Gasteiger partial charge in [0.15, 0.2) is 6.10 Å². The summed E-state index contributed by atoms with van der Waals surface area (Å²) in [5.74, 6) is -0.997. The van der Waals surface area contributed by atoms with Crippen molar-refractivity contribution in [1.29, 1.82) is 0 Å². The smallest absolute Gasteiger partial charge is 0.251 e. The Labute approximate surface area is 159 Å². The Balaban J connectivity index is 1.40. The molecule has 4 fully saturated rings. The molecule has 0 aromatic carbocycles. The van der Waals surface area contributed by atoms with Crippen molar-refractivity contribution in [3.05, 3.63) is 0 Å². The number of rotatable bonds is 7. The van der Waals surface area contributed by atoms with Crippen LogP contribution in [0.5, 0.6) is 0 Å². The first-order valence-corrected chi connectivity index (χ1v) is 10.3. The van der Waals surface area contributed by atoms with Gasteiger partial charge in [0.2, 0.25) is 11.8 Å². The van der Waals surface area contributed by atoms with Crippen LogP contribution in [0.2, 0.25) is 0 Å². The molecule has 4 aliphatic rings. The standard InChI is InChI=1S/C19H30N4O4/c24-15(18(27)22-12-1-2-12)13(9-11-3-7-21-16(11)25)23-17(26)14-10-19(4-5-19)6-8-20-14/h11-15,20,24H,1-10H2,(H,21,25)(H,22,27)(H,23,26)/t11-,13-,14?,15?/m0/s1. The molecule has 3 amide bonds. The summed E-state index contributed by atoms with van der Waals surface area (Å²) in [5, 5.41) is 22.3. The van der Waals surface area contributed by atoms with Crippen molar-refractivity contribution in [3.8, 4) is 0 Å². The van der Waals surface area contributed by atoms with E-state index >= 15 is 0 Å². The molecule has 2 aliphatic heterocycles. The van der Waals surface area contributed by atoms with Crippen LogP contribution in [-0.4, -0.2) is 60.1 Å². The molecule has 4 rings (SSSR count). The van der Waals surface area contributed by atoms with Crippen LogP contribution in [0.4, 0.5) is 0 Å². The highest BCUT2D eigenvalue weighted by Crippen LogP contribution is 2.53. The highest BCUT2D eigenvalue weighted by atomic mass is 16.3. The second-order valence-corrected chi connectivity index (χ2v) is 8.82. The van der Waals surface area contributed by atoms with E-state index in [0.717, 1.165) is 32.2 Å². The number of aliphatic hydroxyl groups excluding tert-OH is 1. The van der Waals surface area contributed by atoms with Crippen molar-refractivity contribution in [2.24, 2.45) is 11.3 Å². The Hall–Kier alpha value is -1.67. The lowest BCUT2D eigenvalue weighted by Gasteiger charge is -2.32. The molecule has 0 aromatic rings. The van der Waals surface area contributed by atoms with E-state index in [1.165, 1.54) is 12.8 Å². The van der Waals surface area contributed by atoms with E-state index in [-0.39, 0.29) is 36.2 Å². The van der Waals surface area contributed by atoms with Gasteiger partial charge in [0, 0.05) is 18.5 Å². The summed E-state index contributed by atoms with van der Waals surface area (Å²) in [6, 6.07) is -0.920. The number of piperidine rings is 1. The predicted octanol–water partition coefficient (Wildman–Crippen LogP) is -0.831. The summed E-state index contributed by atoms with van der Waals surface area (Å²) in [6.45, 7) is 1.42. The quantitative estimate of drug-likeness (QED) is 0.396. The number of carbonyl (C=O) groups is 3. The summed E-state index contributed by atoms with van der Waals surface area (Å²) >= 11 is 0. The third-order valence-corrected chi connectivity index (χ3v) is 6.56. The molecule has 2 heterocycles. The molecule has 0 aromatic heterocycles. The van der Waals surface area contributed by atoms with Gasteiger partial charge in [-0.25, -0.2) is 0 Å². The molecule has 2 saturated carbocycles. The Morgan fingerprint density at radius 3 is 2.59 bits per heavy atom. The first kappa shape index (κ1) is 18.7. The van der Waals surface area contributed by atoms with Gasteiger partial charge in [0.05, 0.1) is 12.1 Å². The molecule has 2 unspecified atom stereocenters. The Morgan fingerprint density at radius 2 is 1.96 bits per heavy atom. The maximum atomic E-state index is 12.8. The summed E-state index contributed by atoms with van der Waals surface area (Å²) in [5.41, 5.74) is 0.316. The van der Waals surface area contributed by atoms with Gasteiger partial charge < -0.3 is 26.4 Å². The van der Waals surface area contributed by atoms with Gasteiger partial charge in [-0.2, -0.15) is 0 Å². The van der Waals surface area contributed by atoms with Crippen LogP contribution in [0.25, 0.3) is 0 Å².